The molecular weight excluding hydrogens is 196 g/mol. The van der Waals surface area contributed by atoms with Crippen molar-refractivity contribution in [3.8, 4) is 0 Å². The maximum absolute atomic E-state index is 5.82. The van der Waals surface area contributed by atoms with Crippen LogP contribution in [-0.4, -0.2) is 12.4 Å². The Balaban J connectivity index is 1.79. The smallest absolute Gasteiger partial charge is 0.0968 e. The molecule has 2 nitrogen and oxygen atoms in total. The molecule has 0 unspecified atom stereocenters. The summed E-state index contributed by atoms with van der Waals surface area (Å²) in [4.78, 5) is 4.43. The quantitative estimate of drug-likeness (QED) is 0.341. The first-order valence-corrected chi connectivity index (χ1v) is 7.14. The van der Waals surface area contributed by atoms with Crippen LogP contribution in [0.15, 0.2) is 4.99 Å². The molecule has 0 bridgehead atoms. The zero-order valence-corrected chi connectivity index (χ0v) is 10.9. The number of aliphatic imine (C=N–C) groups is 1. The number of nitrogens with zero attached hydrogens (tertiary/aromatic N) is 1. The normalized spacial score (nSPS) is 16.7. The molecule has 0 aromatic rings. The van der Waals surface area contributed by atoms with Crippen LogP contribution >= 0.6 is 0 Å². The Morgan fingerprint density at radius 3 is 2.12 bits per heavy atom. The van der Waals surface area contributed by atoms with E-state index in [0.29, 0.717) is 5.92 Å². The second-order valence-corrected chi connectivity index (χ2v) is 5.06. The van der Waals surface area contributed by atoms with Gasteiger partial charge in [-0.1, -0.05) is 51.9 Å². The summed E-state index contributed by atoms with van der Waals surface area (Å²) < 4.78 is 0. The van der Waals surface area contributed by atoms with Gasteiger partial charge in [-0.25, -0.2) is 0 Å². The third-order valence-electron chi connectivity index (χ3n) is 3.30. The van der Waals surface area contributed by atoms with Crippen LogP contribution in [0.4, 0.5) is 0 Å². The predicted octanol–water partition coefficient (Wildman–Crippen LogP) is 3.89. The van der Waals surface area contributed by atoms with Crippen molar-refractivity contribution in [2.24, 2.45) is 16.6 Å². The zero-order valence-electron chi connectivity index (χ0n) is 10.9. The number of amidine groups is 1. The molecule has 1 rings (SSSR count). The molecular formula is C14H28N2. The van der Waals surface area contributed by atoms with Crippen LogP contribution in [0.1, 0.15) is 71.1 Å². The van der Waals surface area contributed by atoms with E-state index in [2.05, 4.69) is 11.9 Å². The minimum absolute atomic E-state index is 0.647. The lowest BCUT2D eigenvalue weighted by Crippen LogP contribution is -2.14. The summed E-state index contributed by atoms with van der Waals surface area (Å²) in [7, 11) is 0. The minimum atomic E-state index is 0.647. The van der Waals surface area contributed by atoms with Crippen molar-refractivity contribution in [1.82, 2.24) is 0 Å². The Kier molecular flexibility index (Phi) is 7.28. The molecule has 2 heteroatoms. The van der Waals surface area contributed by atoms with Crippen molar-refractivity contribution in [2.75, 3.05) is 6.54 Å². The first kappa shape index (κ1) is 13.5. The fourth-order valence-electron chi connectivity index (χ4n) is 1.96. The molecule has 1 aliphatic carbocycles. The molecule has 0 amide bonds. The van der Waals surface area contributed by atoms with E-state index < -0.39 is 0 Å². The maximum atomic E-state index is 5.82. The molecule has 0 atom stereocenters. The molecule has 0 aromatic carbocycles. The lowest BCUT2D eigenvalue weighted by molar-refractivity contribution is 0.578. The van der Waals surface area contributed by atoms with Crippen LogP contribution in [0.5, 0.6) is 0 Å². The molecule has 0 heterocycles. The standard InChI is InChI=1S/C14H28N2/c1-2-3-4-5-6-7-8-9-12-16-14(15)13-10-11-13/h13H,2-12H2,1H3,(H2,15,16). The van der Waals surface area contributed by atoms with E-state index in [0.717, 1.165) is 12.4 Å². The molecule has 1 saturated carbocycles. The maximum Gasteiger partial charge on any atom is 0.0968 e. The van der Waals surface area contributed by atoms with Crippen LogP contribution in [0.25, 0.3) is 0 Å². The zero-order chi connectivity index (χ0) is 11.6. The number of unbranched alkanes of at least 4 members (excludes halogenated alkanes) is 7. The predicted molar refractivity (Wildman–Crippen MR) is 71.8 cm³/mol. The highest BCUT2D eigenvalue weighted by atomic mass is 14.9. The summed E-state index contributed by atoms with van der Waals surface area (Å²) in [6.07, 6.45) is 13.5. The van der Waals surface area contributed by atoms with Crippen LogP contribution in [0, 0.1) is 5.92 Å². The summed E-state index contributed by atoms with van der Waals surface area (Å²) in [5.74, 6) is 1.57. The monoisotopic (exact) mass is 224 g/mol. The van der Waals surface area contributed by atoms with Crippen molar-refractivity contribution >= 4 is 5.84 Å². The first-order valence-electron chi connectivity index (χ1n) is 7.14. The van der Waals surface area contributed by atoms with E-state index in [1.54, 1.807) is 0 Å². The Hall–Kier alpha value is -0.530. The van der Waals surface area contributed by atoms with Crippen LogP contribution in [0.3, 0.4) is 0 Å². The second-order valence-electron chi connectivity index (χ2n) is 5.06. The molecule has 0 aromatic heterocycles. The van der Waals surface area contributed by atoms with Crippen molar-refractivity contribution in [1.29, 1.82) is 0 Å². The van der Waals surface area contributed by atoms with Gasteiger partial charge in [0.25, 0.3) is 0 Å². The highest BCUT2D eigenvalue weighted by Crippen LogP contribution is 2.28. The average molecular weight is 224 g/mol. The molecule has 16 heavy (non-hydrogen) atoms. The summed E-state index contributed by atoms with van der Waals surface area (Å²) in [6.45, 7) is 3.22. The Labute approximate surface area is 101 Å². The number of rotatable bonds is 10. The van der Waals surface area contributed by atoms with Crippen molar-refractivity contribution < 1.29 is 0 Å². The number of hydrogen-bond donors (Lipinski definition) is 1. The lowest BCUT2D eigenvalue weighted by atomic mass is 10.1. The van der Waals surface area contributed by atoms with Gasteiger partial charge in [0.2, 0.25) is 0 Å². The summed E-state index contributed by atoms with van der Waals surface area (Å²) in [5.41, 5.74) is 5.82. The Bertz CT molecular complexity index is 195. The summed E-state index contributed by atoms with van der Waals surface area (Å²) in [6, 6.07) is 0. The molecule has 94 valence electrons. The van der Waals surface area contributed by atoms with E-state index in [1.165, 1.54) is 64.2 Å². The molecule has 1 fully saturated rings. The first-order chi connectivity index (χ1) is 7.84. The summed E-state index contributed by atoms with van der Waals surface area (Å²) >= 11 is 0. The van der Waals surface area contributed by atoms with Crippen LogP contribution in [0.2, 0.25) is 0 Å². The molecule has 1 aliphatic rings. The van der Waals surface area contributed by atoms with Gasteiger partial charge in [-0.15, -0.1) is 0 Å². The van der Waals surface area contributed by atoms with Crippen molar-refractivity contribution in [2.45, 2.75) is 71.1 Å². The van der Waals surface area contributed by atoms with E-state index >= 15 is 0 Å². The third-order valence-corrected chi connectivity index (χ3v) is 3.30. The molecule has 0 aliphatic heterocycles. The SMILES string of the molecule is CCCCCCCCCCN=C(N)C1CC1. The molecule has 2 N–H and O–H groups in total. The molecule has 0 saturated heterocycles. The number of nitrogens with two attached hydrogens (primary N) is 1. The van der Waals surface area contributed by atoms with Gasteiger partial charge >= 0.3 is 0 Å². The second kappa shape index (κ2) is 8.60. The average Bonchev–Trinajstić information content (AvgIpc) is 3.10. The van der Waals surface area contributed by atoms with E-state index in [1.807, 2.05) is 0 Å². The van der Waals surface area contributed by atoms with Gasteiger partial charge in [-0.05, 0) is 19.3 Å². The van der Waals surface area contributed by atoms with Gasteiger partial charge in [0, 0.05) is 12.5 Å². The highest BCUT2D eigenvalue weighted by molar-refractivity contribution is 5.84. The topological polar surface area (TPSA) is 38.4 Å². The minimum Gasteiger partial charge on any atom is -0.387 e. The van der Waals surface area contributed by atoms with E-state index in [4.69, 9.17) is 5.73 Å². The van der Waals surface area contributed by atoms with Gasteiger partial charge in [0.1, 0.15) is 0 Å². The largest absolute Gasteiger partial charge is 0.387 e. The Morgan fingerprint density at radius 1 is 1.00 bits per heavy atom. The van der Waals surface area contributed by atoms with Gasteiger partial charge < -0.3 is 5.73 Å². The fraction of sp³-hybridized carbons (Fsp3) is 0.929. The van der Waals surface area contributed by atoms with E-state index in [-0.39, 0.29) is 0 Å². The fourth-order valence-corrected chi connectivity index (χ4v) is 1.96. The van der Waals surface area contributed by atoms with Gasteiger partial charge in [0.15, 0.2) is 0 Å². The summed E-state index contributed by atoms with van der Waals surface area (Å²) in [5, 5.41) is 0. The van der Waals surface area contributed by atoms with Crippen molar-refractivity contribution in [3.05, 3.63) is 0 Å². The van der Waals surface area contributed by atoms with Gasteiger partial charge in [-0.2, -0.15) is 0 Å². The van der Waals surface area contributed by atoms with Crippen LogP contribution in [-0.2, 0) is 0 Å². The van der Waals surface area contributed by atoms with Gasteiger partial charge in [0.05, 0.1) is 5.84 Å². The Morgan fingerprint density at radius 2 is 1.56 bits per heavy atom. The highest BCUT2D eigenvalue weighted by Gasteiger charge is 2.24. The van der Waals surface area contributed by atoms with Crippen molar-refractivity contribution in [3.63, 3.8) is 0 Å². The molecule has 0 radical (unpaired) electrons. The molecule has 0 spiro atoms. The van der Waals surface area contributed by atoms with E-state index in [9.17, 15) is 0 Å². The lowest BCUT2D eigenvalue weighted by Gasteiger charge is -2.00. The van der Waals surface area contributed by atoms with Crippen LogP contribution < -0.4 is 5.73 Å². The van der Waals surface area contributed by atoms with Gasteiger partial charge in [-0.3, -0.25) is 4.99 Å². The third kappa shape index (κ3) is 6.86. The number of hydrogen-bond acceptors (Lipinski definition) is 1.